The summed E-state index contributed by atoms with van der Waals surface area (Å²) >= 11 is 0. The molecule has 1 amide bonds. The standard InChI is InChI=1S/C21H33N3O4S.C2HF3O2/c1-17(2)14-18-5-7-20(8-6-18)29(26,27)24(15-19-4-3-13-28-19)16-21(25)23-11-9-22-10-12-23;3-2(4,5)1(6)7/h5-8,17,19,22H,3-4,9-16H2,1-2H3;(H,6,7). The van der Waals surface area contributed by atoms with Gasteiger partial charge in [-0.15, -0.1) is 0 Å². The van der Waals surface area contributed by atoms with E-state index in [9.17, 15) is 26.4 Å². The van der Waals surface area contributed by atoms with Crippen molar-refractivity contribution in [3.63, 3.8) is 0 Å². The second-order valence-corrected chi connectivity index (χ2v) is 11.0. The van der Waals surface area contributed by atoms with Crippen molar-refractivity contribution in [2.75, 3.05) is 45.9 Å². The normalized spacial score (nSPS) is 18.8. The molecule has 13 heteroatoms. The first-order valence-electron chi connectivity index (χ1n) is 11.8. The SMILES string of the molecule is CC(C)Cc1ccc(S(=O)(=O)N(CC(=O)N2CCNCC2)CC2CCCO2)cc1.O=C(O)C(F)(F)F. The quantitative estimate of drug-likeness (QED) is 0.522. The van der Waals surface area contributed by atoms with Crippen molar-refractivity contribution in [2.45, 2.75) is 50.3 Å². The Labute approximate surface area is 209 Å². The lowest BCUT2D eigenvalue weighted by atomic mass is 10.0. The highest BCUT2D eigenvalue weighted by Gasteiger charge is 2.38. The Bertz CT molecular complexity index is 958. The Hall–Kier alpha value is -2.22. The van der Waals surface area contributed by atoms with Crippen molar-refractivity contribution >= 4 is 21.9 Å². The number of halogens is 3. The van der Waals surface area contributed by atoms with Crippen LogP contribution in [0.3, 0.4) is 0 Å². The van der Waals surface area contributed by atoms with Gasteiger partial charge in [-0.25, -0.2) is 13.2 Å². The van der Waals surface area contributed by atoms with E-state index in [2.05, 4.69) is 19.2 Å². The smallest absolute Gasteiger partial charge is 0.475 e. The minimum Gasteiger partial charge on any atom is -0.475 e. The monoisotopic (exact) mass is 537 g/mol. The number of nitrogens with one attached hydrogen (secondary N) is 1. The van der Waals surface area contributed by atoms with Crippen LogP contribution in [0.15, 0.2) is 29.2 Å². The second-order valence-electron chi connectivity index (χ2n) is 9.11. The van der Waals surface area contributed by atoms with Crippen LogP contribution in [0, 0.1) is 5.92 Å². The van der Waals surface area contributed by atoms with Crippen LogP contribution in [-0.2, 0) is 30.8 Å². The lowest BCUT2D eigenvalue weighted by Gasteiger charge is -2.31. The Morgan fingerprint density at radius 1 is 1.19 bits per heavy atom. The molecule has 2 aliphatic rings. The van der Waals surface area contributed by atoms with Crippen LogP contribution in [0.1, 0.15) is 32.3 Å². The highest BCUT2D eigenvalue weighted by molar-refractivity contribution is 7.89. The lowest BCUT2D eigenvalue weighted by molar-refractivity contribution is -0.192. The number of carboxylic acid groups (broad SMARTS) is 1. The summed E-state index contributed by atoms with van der Waals surface area (Å²) in [6, 6.07) is 7.06. The average Bonchev–Trinajstić information content (AvgIpc) is 3.32. The highest BCUT2D eigenvalue weighted by Crippen LogP contribution is 2.22. The van der Waals surface area contributed by atoms with E-state index in [4.69, 9.17) is 14.6 Å². The number of hydrogen-bond acceptors (Lipinski definition) is 6. The van der Waals surface area contributed by atoms with Crippen molar-refractivity contribution in [3.05, 3.63) is 29.8 Å². The molecule has 2 saturated heterocycles. The zero-order valence-electron chi connectivity index (χ0n) is 20.5. The fourth-order valence-corrected chi connectivity index (χ4v) is 5.27. The minimum absolute atomic E-state index is 0.143. The summed E-state index contributed by atoms with van der Waals surface area (Å²) in [6.45, 7) is 7.68. The molecule has 3 rings (SSSR count). The number of alkyl halides is 3. The van der Waals surface area contributed by atoms with Crippen LogP contribution in [-0.4, -0.2) is 92.8 Å². The summed E-state index contributed by atoms with van der Waals surface area (Å²) in [5, 5.41) is 10.3. The third-order valence-corrected chi connectivity index (χ3v) is 7.49. The first kappa shape index (κ1) is 30.0. The second kappa shape index (κ2) is 13.4. The third kappa shape index (κ3) is 9.34. The van der Waals surface area contributed by atoms with Crippen LogP contribution in [0.25, 0.3) is 0 Å². The number of aliphatic carboxylic acids is 1. The average molecular weight is 538 g/mol. The predicted octanol–water partition coefficient (Wildman–Crippen LogP) is 2.12. The Kier molecular flexibility index (Phi) is 11.1. The van der Waals surface area contributed by atoms with Gasteiger partial charge in [-0.3, -0.25) is 4.79 Å². The minimum atomic E-state index is -5.08. The maximum Gasteiger partial charge on any atom is 0.490 e. The molecule has 1 atom stereocenters. The molecule has 0 aromatic heterocycles. The molecule has 204 valence electrons. The zero-order chi connectivity index (χ0) is 26.9. The fraction of sp³-hybridized carbons (Fsp3) is 0.652. The highest BCUT2D eigenvalue weighted by atomic mass is 32.2. The largest absolute Gasteiger partial charge is 0.490 e. The van der Waals surface area contributed by atoms with Gasteiger partial charge < -0.3 is 20.1 Å². The van der Waals surface area contributed by atoms with Crippen molar-refractivity contribution in [3.8, 4) is 0 Å². The summed E-state index contributed by atoms with van der Waals surface area (Å²) in [7, 11) is -3.78. The van der Waals surface area contributed by atoms with Crippen LogP contribution in [0.2, 0.25) is 0 Å². The number of carbonyl (C=O) groups is 2. The molecule has 1 unspecified atom stereocenters. The molecule has 0 saturated carbocycles. The van der Waals surface area contributed by atoms with Crippen molar-refractivity contribution in [1.82, 2.24) is 14.5 Å². The summed E-state index contributed by atoms with van der Waals surface area (Å²) in [5.74, 6) is -2.40. The van der Waals surface area contributed by atoms with Crippen LogP contribution in [0.4, 0.5) is 13.2 Å². The summed E-state index contributed by atoms with van der Waals surface area (Å²) in [5.41, 5.74) is 1.11. The summed E-state index contributed by atoms with van der Waals surface area (Å²) in [4.78, 5) is 23.7. The molecule has 9 nitrogen and oxygen atoms in total. The van der Waals surface area contributed by atoms with Gasteiger partial charge in [-0.1, -0.05) is 26.0 Å². The number of sulfonamides is 1. The van der Waals surface area contributed by atoms with E-state index in [1.165, 1.54) is 4.31 Å². The summed E-state index contributed by atoms with van der Waals surface area (Å²) in [6.07, 6.45) is -2.59. The molecular formula is C23H34F3N3O6S. The summed E-state index contributed by atoms with van der Waals surface area (Å²) < 4.78 is 65.4. The third-order valence-electron chi connectivity index (χ3n) is 5.66. The number of piperazine rings is 1. The molecule has 0 spiro atoms. The Morgan fingerprint density at radius 3 is 2.25 bits per heavy atom. The van der Waals surface area contributed by atoms with E-state index in [0.29, 0.717) is 25.6 Å². The zero-order valence-corrected chi connectivity index (χ0v) is 21.3. The topological polar surface area (TPSA) is 116 Å². The predicted molar refractivity (Wildman–Crippen MR) is 126 cm³/mol. The molecule has 0 bridgehead atoms. The number of carboxylic acids is 1. The number of ether oxygens (including phenoxy) is 1. The molecule has 36 heavy (non-hydrogen) atoms. The van der Waals surface area contributed by atoms with Crippen molar-refractivity contribution in [2.24, 2.45) is 5.92 Å². The van der Waals surface area contributed by atoms with Crippen LogP contribution >= 0.6 is 0 Å². The van der Waals surface area contributed by atoms with Gasteiger partial charge >= 0.3 is 12.1 Å². The maximum absolute atomic E-state index is 13.4. The van der Waals surface area contributed by atoms with E-state index in [-0.39, 0.29) is 30.0 Å². The van der Waals surface area contributed by atoms with Gasteiger partial charge in [0.1, 0.15) is 0 Å². The van der Waals surface area contributed by atoms with Gasteiger partial charge in [0.05, 0.1) is 17.5 Å². The number of hydrogen-bond donors (Lipinski definition) is 2. The lowest BCUT2D eigenvalue weighted by Crippen LogP contribution is -2.51. The fourth-order valence-electron chi connectivity index (χ4n) is 3.85. The van der Waals surface area contributed by atoms with E-state index in [0.717, 1.165) is 37.9 Å². The molecule has 2 heterocycles. The first-order valence-corrected chi connectivity index (χ1v) is 13.2. The molecule has 0 radical (unpaired) electrons. The van der Waals surface area contributed by atoms with Crippen molar-refractivity contribution < 1.29 is 41.0 Å². The molecule has 2 fully saturated rings. The van der Waals surface area contributed by atoms with Crippen LogP contribution in [0.5, 0.6) is 0 Å². The van der Waals surface area contributed by atoms with Crippen molar-refractivity contribution in [1.29, 1.82) is 0 Å². The Morgan fingerprint density at radius 2 is 1.78 bits per heavy atom. The molecule has 1 aromatic rings. The molecule has 0 aliphatic carbocycles. The number of carbonyl (C=O) groups excluding carboxylic acids is 1. The molecule has 1 aromatic carbocycles. The number of benzene rings is 1. The van der Waals surface area contributed by atoms with Crippen LogP contribution < -0.4 is 5.32 Å². The molecule has 2 N–H and O–H groups in total. The molecular weight excluding hydrogens is 503 g/mol. The van der Waals surface area contributed by atoms with Gasteiger partial charge in [-0.05, 0) is 42.9 Å². The van der Waals surface area contributed by atoms with Gasteiger partial charge in [0.15, 0.2) is 0 Å². The molecule has 2 aliphatic heterocycles. The van der Waals surface area contributed by atoms with Gasteiger partial charge in [-0.2, -0.15) is 17.5 Å². The number of nitrogens with zero attached hydrogens (tertiary/aromatic N) is 2. The van der Waals surface area contributed by atoms with Gasteiger partial charge in [0.2, 0.25) is 15.9 Å². The first-order chi connectivity index (χ1) is 16.8. The number of amides is 1. The van der Waals surface area contributed by atoms with E-state index in [1.54, 1.807) is 17.0 Å². The van der Waals surface area contributed by atoms with Gasteiger partial charge in [0, 0.05) is 39.3 Å². The Balaban J connectivity index is 0.000000572. The van der Waals surface area contributed by atoms with Gasteiger partial charge in [0.25, 0.3) is 0 Å². The number of rotatable bonds is 8. The van der Waals surface area contributed by atoms with E-state index in [1.807, 2.05) is 12.1 Å². The maximum atomic E-state index is 13.4. The van der Waals surface area contributed by atoms with E-state index >= 15 is 0 Å². The van der Waals surface area contributed by atoms with E-state index < -0.39 is 22.2 Å².